The minimum atomic E-state index is -0.248. The van der Waals surface area contributed by atoms with E-state index in [1.807, 2.05) is 66.7 Å². The highest BCUT2D eigenvalue weighted by Gasteiger charge is 2.01. The minimum absolute atomic E-state index is 0.248. The molecule has 4 heteroatoms. The third-order valence-corrected chi connectivity index (χ3v) is 3.39. The van der Waals surface area contributed by atoms with Crippen LogP contribution in [0, 0.1) is 0 Å². The Morgan fingerprint density at radius 2 is 1.50 bits per heavy atom. The molecule has 1 aromatic heterocycles. The van der Waals surface area contributed by atoms with E-state index >= 15 is 0 Å². The van der Waals surface area contributed by atoms with Crippen molar-refractivity contribution in [2.75, 3.05) is 5.32 Å². The van der Waals surface area contributed by atoms with Gasteiger partial charge in [0.1, 0.15) is 5.82 Å². The van der Waals surface area contributed by atoms with Gasteiger partial charge in [-0.15, -0.1) is 0 Å². The molecule has 3 aromatic rings. The molecular formula is C18H17N3O. The van der Waals surface area contributed by atoms with E-state index in [9.17, 15) is 4.79 Å². The van der Waals surface area contributed by atoms with Crippen LogP contribution >= 0.6 is 0 Å². The van der Waals surface area contributed by atoms with E-state index in [0.29, 0.717) is 18.9 Å². The maximum Gasteiger partial charge on any atom is 0.349 e. The highest BCUT2D eigenvalue weighted by Crippen LogP contribution is 2.05. The van der Waals surface area contributed by atoms with Gasteiger partial charge in [0.05, 0.1) is 6.54 Å². The lowest BCUT2D eigenvalue weighted by atomic mass is 10.2. The number of nitrogens with zero attached hydrogens (tertiary/aromatic N) is 2. The number of hydrogen-bond acceptors (Lipinski definition) is 3. The number of aromatic nitrogens is 2. The molecule has 0 radical (unpaired) electrons. The van der Waals surface area contributed by atoms with Crippen LogP contribution in [0.3, 0.4) is 0 Å². The molecule has 0 bridgehead atoms. The Labute approximate surface area is 129 Å². The lowest BCUT2D eigenvalue weighted by molar-refractivity contribution is 0.727. The van der Waals surface area contributed by atoms with Crippen molar-refractivity contribution in [1.82, 2.24) is 9.55 Å². The summed E-state index contributed by atoms with van der Waals surface area (Å²) in [5.41, 5.74) is 1.98. The smallest absolute Gasteiger partial charge is 0.349 e. The fourth-order valence-electron chi connectivity index (χ4n) is 2.22. The van der Waals surface area contributed by atoms with Gasteiger partial charge in [0.25, 0.3) is 0 Å². The highest BCUT2D eigenvalue weighted by molar-refractivity contribution is 5.33. The molecule has 1 heterocycles. The van der Waals surface area contributed by atoms with E-state index in [2.05, 4.69) is 10.3 Å². The van der Waals surface area contributed by atoms with Gasteiger partial charge in [0.2, 0.25) is 0 Å². The zero-order valence-corrected chi connectivity index (χ0v) is 12.1. The molecule has 0 aliphatic carbocycles. The molecule has 22 heavy (non-hydrogen) atoms. The van der Waals surface area contributed by atoms with E-state index in [0.717, 1.165) is 11.1 Å². The Balaban J connectivity index is 1.68. The van der Waals surface area contributed by atoms with Crippen LogP contribution in [-0.2, 0) is 13.1 Å². The Morgan fingerprint density at radius 1 is 0.864 bits per heavy atom. The van der Waals surface area contributed by atoms with Crippen LogP contribution in [0.5, 0.6) is 0 Å². The Bertz CT molecular complexity index is 782. The first-order valence-corrected chi connectivity index (χ1v) is 7.20. The first-order valence-electron chi connectivity index (χ1n) is 7.20. The van der Waals surface area contributed by atoms with Gasteiger partial charge < -0.3 is 5.32 Å². The molecule has 1 N–H and O–H groups in total. The van der Waals surface area contributed by atoms with Crippen LogP contribution in [0.2, 0.25) is 0 Å². The molecule has 4 nitrogen and oxygen atoms in total. The topological polar surface area (TPSA) is 46.9 Å². The Kier molecular flexibility index (Phi) is 4.30. The quantitative estimate of drug-likeness (QED) is 0.786. The Hall–Kier alpha value is -2.88. The molecule has 0 atom stereocenters. The van der Waals surface area contributed by atoms with Crippen LogP contribution < -0.4 is 11.0 Å². The van der Waals surface area contributed by atoms with Crippen molar-refractivity contribution in [3.8, 4) is 0 Å². The summed E-state index contributed by atoms with van der Waals surface area (Å²) < 4.78 is 1.60. The van der Waals surface area contributed by atoms with Crippen LogP contribution in [0.25, 0.3) is 0 Å². The first kappa shape index (κ1) is 14.1. The summed E-state index contributed by atoms with van der Waals surface area (Å²) in [6.45, 7) is 1.18. The summed E-state index contributed by atoms with van der Waals surface area (Å²) in [5, 5.41) is 3.17. The van der Waals surface area contributed by atoms with Crippen molar-refractivity contribution in [3.63, 3.8) is 0 Å². The van der Waals surface area contributed by atoms with Crippen LogP contribution in [0.1, 0.15) is 11.1 Å². The molecule has 0 fully saturated rings. The minimum Gasteiger partial charge on any atom is -0.366 e. The lowest BCUT2D eigenvalue weighted by Crippen LogP contribution is -2.23. The van der Waals surface area contributed by atoms with Gasteiger partial charge in [-0.1, -0.05) is 60.7 Å². The second kappa shape index (κ2) is 6.72. The average Bonchev–Trinajstić information content (AvgIpc) is 2.57. The van der Waals surface area contributed by atoms with E-state index in [-0.39, 0.29) is 5.69 Å². The van der Waals surface area contributed by atoms with E-state index in [1.54, 1.807) is 10.8 Å². The third kappa shape index (κ3) is 3.61. The standard InChI is InChI=1S/C18H17N3O/c22-18-20-17(19-13-15-7-3-1-4-8-15)11-12-21(18)14-16-9-5-2-6-10-16/h1-12H,13-14H2,(H,19,20,22). The van der Waals surface area contributed by atoms with Crippen molar-refractivity contribution in [1.29, 1.82) is 0 Å². The molecule has 0 saturated heterocycles. The zero-order chi connectivity index (χ0) is 15.2. The van der Waals surface area contributed by atoms with Crippen LogP contribution in [-0.4, -0.2) is 9.55 Å². The fourth-order valence-corrected chi connectivity index (χ4v) is 2.22. The maximum absolute atomic E-state index is 12.1. The summed E-state index contributed by atoms with van der Waals surface area (Å²) in [4.78, 5) is 16.1. The number of benzene rings is 2. The highest BCUT2D eigenvalue weighted by atomic mass is 16.1. The van der Waals surface area contributed by atoms with E-state index in [1.165, 1.54) is 0 Å². The van der Waals surface area contributed by atoms with Crippen molar-refractivity contribution in [3.05, 3.63) is 94.5 Å². The monoisotopic (exact) mass is 291 g/mol. The van der Waals surface area contributed by atoms with Gasteiger partial charge in [-0.2, -0.15) is 4.98 Å². The lowest BCUT2D eigenvalue weighted by Gasteiger charge is -2.08. The van der Waals surface area contributed by atoms with Crippen molar-refractivity contribution in [2.45, 2.75) is 13.1 Å². The van der Waals surface area contributed by atoms with Gasteiger partial charge in [0, 0.05) is 12.7 Å². The zero-order valence-electron chi connectivity index (χ0n) is 12.1. The molecule has 0 unspecified atom stereocenters. The number of nitrogens with one attached hydrogen (secondary N) is 1. The normalized spacial score (nSPS) is 10.4. The van der Waals surface area contributed by atoms with Gasteiger partial charge in [-0.3, -0.25) is 4.57 Å². The van der Waals surface area contributed by atoms with Crippen molar-refractivity contribution < 1.29 is 0 Å². The van der Waals surface area contributed by atoms with Gasteiger partial charge in [-0.05, 0) is 17.2 Å². The maximum atomic E-state index is 12.1. The molecule has 0 amide bonds. The number of anilines is 1. The molecular weight excluding hydrogens is 274 g/mol. The molecule has 0 spiro atoms. The molecule has 0 saturated carbocycles. The summed E-state index contributed by atoms with van der Waals surface area (Å²) in [6, 6.07) is 21.7. The third-order valence-electron chi connectivity index (χ3n) is 3.39. The molecule has 2 aromatic carbocycles. The summed E-state index contributed by atoms with van der Waals surface area (Å²) in [6.07, 6.45) is 1.77. The van der Waals surface area contributed by atoms with Crippen molar-refractivity contribution >= 4 is 5.82 Å². The first-order chi connectivity index (χ1) is 10.8. The molecule has 0 aliphatic rings. The van der Waals surface area contributed by atoms with Gasteiger partial charge in [0.15, 0.2) is 0 Å². The number of rotatable bonds is 5. The summed E-state index contributed by atoms with van der Waals surface area (Å²) in [5.74, 6) is 0.596. The molecule has 3 rings (SSSR count). The second-order valence-electron chi connectivity index (χ2n) is 5.05. The largest absolute Gasteiger partial charge is 0.366 e. The predicted molar refractivity (Wildman–Crippen MR) is 87.8 cm³/mol. The van der Waals surface area contributed by atoms with E-state index < -0.39 is 0 Å². The Morgan fingerprint density at radius 3 is 2.14 bits per heavy atom. The fraction of sp³-hybridized carbons (Fsp3) is 0.111. The predicted octanol–water partition coefficient (Wildman–Crippen LogP) is 2.90. The van der Waals surface area contributed by atoms with Gasteiger partial charge >= 0.3 is 5.69 Å². The molecule has 110 valence electrons. The molecule has 0 aliphatic heterocycles. The van der Waals surface area contributed by atoms with Crippen molar-refractivity contribution in [2.24, 2.45) is 0 Å². The number of hydrogen-bond donors (Lipinski definition) is 1. The van der Waals surface area contributed by atoms with Gasteiger partial charge in [-0.25, -0.2) is 4.79 Å². The summed E-state index contributed by atoms with van der Waals surface area (Å²) in [7, 11) is 0. The second-order valence-corrected chi connectivity index (χ2v) is 5.05. The van der Waals surface area contributed by atoms with Crippen LogP contribution in [0.4, 0.5) is 5.82 Å². The average molecular weight is 291 g/mol. The SMILES string of the molecule is O=c1nc(NCc2ccccc2)ccn1Cc1ccccc1. The summed E-state index contributed by atoms with van der Waals surface area (Å²) >= 11 is 0. The van der Waals surface area contributed by atoms with E-state index in [4.69, 9.17) is 0 Å². The van der Waals surface area contributed by atoms with Crippen LogP contribution in [0.15, 0.2) is 77.7 Å².